The number of benzene rings is 1. The highest BCUT2D eigenvalue weighted by atomic mass is 32.2. The number of nitro benzene ring substituents is 1. The fraction of sp³-hybridized carbons (Fsp3) is 0.267. The van der Waals surface area contributed by atoms with Gasteiger partial charge in [0.25, 0.3) is 5.69 Å². The summed E-state index contributed by atoms with van der Waals surface area (Å²) in [6.07, 6.45) is 3.68. The van der Waals surface area contributed by atoms with E-state index in [0.717, 1.165) is 11.7 Å². The smallest absolute Gasteiger partial charge is 0.269 e. The summed E-state index contributed by atoms with van der Waals surface area (Å²) in [4.78, 5) is 14.6. The molecule has 0 aliphatic carbocycles. The Morgan fingerprint density at radius 3 is 2.75 bits per heavy atom. The predicted molar refractivity (Wildman–Crippen MR) is 88.6 cm³/mol. The molecule has 2 aromatic heterocycles. The van der Waals surface area contributed by atoms with Gasteiger partial charge in [-0.05, 0) is 26.0 Å². The van der Waals surface area contributed by atoms with Crippen molar-refractivity contribution in [3.8, 4) is 11.5 Å². The average molecular weight is 345 g/mol. The summed E-state index contributed by atoms with van der Waals surface area (Å²) in [6.45, 7) is 4.86. The van der Waals surface area contributed by atoms with E-state index in [2.05, 4.69) is 22.1 Å². The summed E-state index contributed by atoms with van der Waals surface area (Å²) in [5, 5.41) is 19.6. The molecular formula is C15H15N5O3S. The molecule has 24 heavy (non-hydrogen) atoms. The lowest BCUT2D eigenvalue weighted by Crippen LogP contribution is -1.97. The lowest BCUT2D eigenvalue weighted by molar-refractivity contribution is -0.384. The molecule has 1 atom stereocenters. The van der Waals surface area contributed by atoms with Crippen LogP contribution in [0.2, 0.25) is 0 Å². The Labute approximate surface area is 142 Å². The van der Waals surface area contributed by atoms with Crippen LogP contribution in [-0.2, 0) is 6.54 Å². The summed E-state index contributed by atoms with van der Waals surface area (Å²) in [5.74, 6) is 0.824. The van der Waals surface area contributed by atoms with Crippen LogP contribution < -0.4 is 0 Å². The monoisotopic (exact) mass is 345 g/mol. The second kappa shape index (κ2) is 6.83. The highest BCUT2D eigenvalue weighted by molar-refractivity contribution is 7.99. The minimum absolute atomic E-state index is 0.0221. The molecular weight excluding hydrogens is 330 g/mol. The fourth-order valence-corrected chi connectivity index (χ4v) is 3.06. The van der Waals surface area contributed by atoms with Crippen molar-refractivity contribution in [2.45, 2.75) is 30.8 Å². The Kier molecular flexibility index (Phi) is 4.61. The molecule has 9 heteroatoms. The minimum Gasteiger partial charge on any atom is -0.419 e. The highest BCUT2D eigenvalue weighted by Crippen LogP contribution is 2.34. The minimum atomic E-state index is -0.447. The van der Waals surface area contributed by atoms with E-state index >= 15 is 0 Å². The molecule has 8 nitrogen and oxygen atoms in total. The first kappa shape index (κ1) is 16.2. The van der Waals surface area contributed by atoms with Gasteiger partial charge in [-0.2, -0.15) is 0 Å². The fourth-order valence-electron chi connectivity index (χ4n) is 2.10. The first-order valence-corrected chi connectivity index (χ1v) is 8.22. The van der Waals surface area contributed by atoms with Crippen molar-refractivity contribution in [1.82, 2.24) is 19.7 Å². The largest absolute Gasteiger partial charge is 0.419 e. The zero-order valence-corrected chi connectivity index (χ0v) is 13.9. The first-order chi connectivity index (χ1) is 11.6. The van der Waals surface area contributed by atoms with Crippen LogP contribution in [0.4, 0.5) is 5.69 Å². The second-order valence-corrected chi connectivity index (χ2v) is 6.31. The molecule has 124 valence electrons. The molecule has 2 heterocycles. The van der Waals surface area contributed by atoms with Crippen LogP contribution in [0.1, 0.15) is 25.0 Å². The lowest BCUT2D eigenvalue weighted by Gasteiger charge is -2.07. The van der Waals surface area contributed by atoms with Gasteiger partial charge in [-0.25, -0.2) is 4.98 Å². The van der Waals surface area contributed by atoms with Gasteiger partial charge in [0.1, 0.15) is 0 Å². The molecule has 0 saturated heterocycles. The number of non-ortho nitro benzene ring substituents is 1. The van der Waals surface area contributed by atoms with E-state index in [1.807, 2.05) is 17.7 Å². The van der Waals surface area contributed by atoms with Crippen LogP contribution in [0.5, 0.6) is 0 Å². The van der Waals surface area contributed by atoms with Gasteiger partial charge in [-0.15, -0.1) is 10.2 Å². The highest BCUT2D eigenvalue weighted by Gasteiger charge is 2.18. The Morgan fingerprint density at radius 1 is 1.33 bits per heavy atom. The number of nitro groups is 1. The number of nitrogens with zero attached hydrogens (tertiary/aromatic N) is 5. The van der Waals surface area contributed by atoms with Gasteiger partial charge in [0.05, 0.1) is 10.2 Å². The van der Waals surface area contributed by atoms with Gasteiger partial charge in [0.2, 0.25) is 11.8 Å². The van der Waals surface area contributed by atoms with E-state index in [9.17, 15) is 10.1 Å². The molecule has 0 spiro atoms. The molecule has 0 aliphatic rings. The van der Waals surface area contributed by atoms with Crippen molar-refractivity contribution in [1.29, 1.82) is 0 Å². The van der Waals surface area contributed by atoms with Crippen molar-refractivity contribution >= 4 is 17.4 Å². The Bertz CT molecular complexity index is 843. The Hall–Kier alpha value is -2.68. The van der Waals surface area contributed by atoms with Crippen LogP contribution in [0.3, 0.4) is 0 Å². The summed E-state index contributed by atoms with van der Waals surface area (Å²) in [6, 6.07) is 6.01. The first-order valence-electron chi connectivity index (χ1n) is 7.34. The molecule has 1 unspecified atom stereocenters. The van der Waals surface area contributed by atoms with E-state index in [1.54, 1.807) is 18.3 Å². The molecule has 1 aromatic carbocycles. The third-order valence-electron chi connectivity index (χ3n) is 3.41. The Morgan fingerprint density at radius 2 is 2.08 bits per heavy atom. The molecule has 0 bridgehead atoms. The number of hydrogen-bond acceptors (Lipinski definition) is 7. The lowest BCUT2D eigenvalue weighted by atomic mass is 10.2. The van der Waals surface area contributed by atoms with E-state index in [-0.39, 0.29) is 10.9 Å². The van der Waals surface area contributed by atoms with E-state index in [0.29, 0.717) is 17.3 Å². The molecule has 3 rings (SSSR count). The molecule has 0 saturated carbocycles. The van der Waals surface area contributed by atoms with Crippen molar-refractivity contribution in [2.24, 2.45) is 0 Å². The van der Waals surface area contributed by atoms with Gasteiger partial charge in [-0.1, -0.05) is 11.8 Å². The van der Waals surface area contributed by atoms with E-state index in [1.165, 1.54) is 23.9 Å². The maximum Gasteiger partial charge on any atom is 0.269 e. The molecule has 0 N–H and O–H groups in total. The third kappa shape index (κ3) is 3.30. The quantitative estimate of drug-likeness (QED) is 0.381. The van der Waals surface area contributed by atoms with Crippen molar-refractivity contribution in [2.75, 3.05) is 0 Å². The SMILES string of the molecule is CCn1ccnc1SC(C)c1nnc(-c2ccc([N+](=O)[O-])cc2)o1. The van der Waals surface area contributed by atoms with E-state index in [4.69, 9.17) is 4.42 Å². The van der Waals surface area contributed by atoms with Gasteiger partial charge in [0.15, 0.2) is 5.16 Å². The summed E-state index contributed by atoms with van der Waals surface area (Å²) < 4.78 is 7.74. The number of rotatable bonds is 6. The number of aryl methyl sites for hydroxylation is 1. The number of aromatic nitrogens is 4. The number of imidazole rings is 1. The van der Waals surface area contributed by atoms with Crippen LogP contribution in [-0.4, -0.2) is 24.7 Å². The van der Waals surface area contributed by atoms with Crippen molar-refractivity contribution in [3.05, 3.63) is 52.7 Å². The number of thioether (sulfide) groups is 1. The second-order valence-electron chi connectivity index (χ2n) is 5.01. The normalized spacial score (nSPS) is 12.2. The summed E-state index contributed by atoms with van der Waals surface area (Å²) in [5.41, 5.74) is 0.667. The maximum absolute atomic E-state index is 10.7. The predicted octanol–water partition coefficient (Wildman–Crippen LogP) is 3.71. The van der Waals surface area contributed by atoms with E-state index < -0.39 is 4.92 Å². The third-order valence-corrected chi connectivity index (χ3v) is 4.52. The van der Waals surface area contributed by atoms with Crippen LogP contribution in [0.25, 0.3) is 11.5 Å². The van der Waals surface area contributed by atoms with Crippen molar-refractivity contribution < 1.29 is 9.34 Å². The van der Waals surface area contributed by atoms with Crippen LogP contribution in [0, 0.1) is 10.1 Å². The maximum atomic E-state index is 10.7. The van der Waals surface area contributed by atoms with Gasteiger partial charge >= 0.3 is 0 Å². The van der Waals surface area contributed by atoms with Gasteiger partial charge < -0.3 is 8.98 Å². The molecule has 0 radical (unpaired) electrons. The van der Waals surface area contributed by atoms with Gasteiger partial charge in [-0.3, -0.25) is 10.1 Å². The topological polar surface area (TPSA) is 99.9 Å². The molecule has 0 aliphatic heterocycles. The summed E-state index contributed by atoms with van der Waals surface area (Å²) >= 11 is 1.54. The van der Waals surface area contributed by atoms with Crippen LogP contribution >= 0.6 is 11.8 Å². The average Bonchev–Trinajstić information content (AvgIpc) is 3.24. The Balaban J connectivity index is 1.76. The molecule has 0 fully saturated rings. The molecule has 3 aromatic rings. The molecule has 0 amide bonds. The van der Waals surface area contributed by atoms with Crippen LogP contribution in [0.15, 0.2) is 46.2 Å². The number of hydrogen-bond donors (Lipinski definition) is 0. The summed E-state index contributed by atoms with van der Waals surface area (Å²) in [7, 11) is 0. The standard InChI is InChI=1S/C15H15N5O3S/c1-3-19-9-8-16-15(19)24-10(2)13-17-18-14(23-13)11-4-6-12(7-5-11)20(21)22/h4-10H,3H2,1-2H3. The van der Waals surface area contributed by atoms with Crippen molar-refractivity contribution in [3.63, 3.8) is 0 Å². The van der Waals surface area contributed by atoms with Gasteiger partial charge in [0, 0.05) is 36.6 Å². The zero-order chi connectivity index (χ0) is 17.1. The zero-order valence-electron chi connectivity index (χ0n) is 13.1.